The van der Waals surface area contributed by atoms with Crippen LogP contribution in [-0.4, -0.2) is 4.57 Å². The van der Waals surface area contributed by atoms with Gasteiger partial charge in [-0.1, -0.05) is 76.1 Å². The second-order valence-corrected chi connectivity index (χ2v) is 6.99. The number of nitrogens with zero attached hydrogens (tertiary/aromatic N) is 1. The van der Waals surface area contributed by atoms with Crippen LogP contribution >= 0.6 is 0 Å². The van der Waals surface area contributed by atoms with Crippen LogP contribution in [0.15, 0.2) is 53.3 Å². The Morgan fingerprint density at radius 3 is 1.72 bits per heavy atom. The van der Waals surface area contributed by atoms with Crippen LogP contribution in [0.5, 0.6) is 0 Å². The van der Waals surface area contributed by atoms with E-state index in [1.807, 2.05) is 36.4 Å². The molecular formula is C23H29NO. The van der Waals surface area contributed by atoms with Crippen LogP contribution in [0.4, 0.5) is 0 Å². The minimum atomic E-state index is 0.151. The van der Waals surface area contributed by atoms with Gasteiger partial charge in [-0.3, -0.25) is 4.79 Å². The van der Waals surface area contributed by atoms with Gasteiger partial charge in [0.1, 0.15) is 0 Å². The van der Waals surface area contributed by atoms with Gasteiger partial charge in [-0.15, -0.1) is 0 Å². The molecule has 0 amide bonds. The quantitative estimate of drug-likeness (QED) is 0.332. The van der Waals surface area contributed by atoms with Gasteiger partial charge in [0.05, 0.1) is 11.0 Å². The van der Waals surface area contributed by atoms with Crippen LogP contribution < -0.4 is 5.43 Å². The molecular weight excluding hydrogens is 306 g/mol. The molecule has 0 fully saturated rings. The van der Waals surface area contributed by atoms with Crippen LogP contribution in [0, 0.1) is 0 Å². The summed E-state index contributed by atoms with van der Waals surface area (Å²) in [5.74, 6) is 0. The van der Waals surface area contributed by atoms with Gasteiger partial charge in [0.15, 0.2) is 5.43 Å². The van der Waals surface area contributed by atoms with Crippen molar-refractivity contribution in [2.24, 2.45) is 0 Å². The molecule has 0 radical (unpaired) electrons. The Balaban J connectivity index is 1.74. The average molecular weight is 335 g/mol. The zero-order valence-corrected chi connectivity index (χ0v) is 15.3. The maximum absolute atomic E-state index is 12.7. The van der Waals surface area contributed by atoms with Crippen molar-refractivity contribution < 1.29 is 0 Å². The molecule has 3 rings (SSSR count). The first-order valence-corrected chi connectivity index (χ1v) is 9.83. The summed E-state index contributed by atoms with van der Waals surface area (Å²) >= 11 is 0. The highest BCUT2D eigenvalue weighted by molar-refractivity contribution is 5.93. The molecule has 0 bridgehead atoms. The van der Waals surface area contributed by atoms with Crippen molar-refractivity contribution in [1.82, 2.24) is 4.57 Å². The van der Waals surface area contributed by atoms with Gasteiger partial charge in [-0.2, -0.15) is 0 Å². The third kappa shape index (κ3) is 4.12. The maximum atomic E-state index is 12.7. The lowest BCUT2D eigenvalue weighted by Crippen LogP contribution is -2.11. The van der Waals surface area contributed by atoms with Crippen molar-refractivity contribution in [2.45, 2.75) is 64.8 Å². The van der Waals surface area contributed by atoms with E-state index in [4.69, 9.17) is 0 Å². The van der Waals surface area contributed by atoms with E-state index in [9.17, 15) is 4.79 Å². The topological polar surface area (TPSA) is 22.0 Å². The van der Waals surface area contributed by atoms with Crippen LogP contribution in [0.2, 0.25) is 0 Å². The normalized spacial score (nSPS) is 11.4. The summed E-state index contributed by atoms with van der Waals surface area (Å²) in [6.45, 7) is 3.25. The zero-order chi connectivity index (χ0) is 17.5. The van der Waals surface area contributed by atoms with Crippen molar-refractivity contribution in [3.8, 4) is 0 Å². The largest absolute Gasteiger partial charge is 0.340 e. The monoisotopic (exact) mass is 335 g/mol. The number of fused-ring (bicyclic) bond motifs is 2. The number of pyridine rings is 1. The second-order valence-electron chi connectivity index (χ2n) is 6.99. The molecule has 0 aliphatic carbocycles. The first-order valence-electron chi connectivity index (χ1n) is 9.83. The molecule has 2 nitrogen and oxygen atoms in total. The number of aromatic nitrogens is 1. The SMILES string of the molecule is CCCCCCCCCCn1c2ccccc2c(=O)c2ccccc21. The summed E-state index contributed by atoms with van der Waals surface area (Å²) in [4.78, 5) is 12.7. The molecule has 132 valence electrons. The van der Waals surface area contributed by atoms with Gasteiger partial charge >= 0.3 is 0 Å². The van der Waals surface area contributed by atoms with Crippen LogP contribution in [-0.2, 0) is 6.54 Å². The molecule has 1 heterocycles. The minimum absolute atomic E-state index is 0.151. The lowest BCUT2D eigenvalue weighted by atomic mass is 10.1. The molecule has 0 unspecified atom stereocenters. The highest BCUT2D eigenvalue weighted by Crippen LogP contribution is 2.20. The van der Waals surface area contributed by atoms with Crippen molar-refractivity contribution in [2.75, 3.05) is 0 Å². The predicted octanol–water partition coefficient (Wildman–Crippen LogP) is 6.30. The number of rotatable bonds is 9. The lowest BCUT2D eigenvalue weighted by Gasteiger charge is -2.15. The van der Waals surface area contributed by atoms with Crippen LogP contribution in [0.3, 0.4) is 0 Å². The predicted molar refractivity (Wildman–Crippen MR) is 108 cm³/mol. The zero-order valence-electron chi connectivity index (χ0n) is 15.3. The molecule has 25 heavy (non-hydrogen) atoms. The fourth-order valence-electron chi connectivity index (χ4n) is 3.72. The maximum Gasteiger partial charge on any atom is 0.197 e. The Morgan fingerprint density at radius 2 is 1.16 bits per heavy atom. The molecule has 0 spiro atoms. The standard InChI is InChI=1S/C23H29NO/c1-2-3-4-5-6-7-8-13-18-24-21-16-11-9-14-19(21)23(25)20-15-10-12-17-22(20)24/h9-12,14-17H,2-8,13,18H2,1H3. The summed E-state index contributed by atoms with van der Waals surface area (Å²) in [6.07, 6.45) is 10.5. The third-order valence-corrected chi connectivity index (χ3v) is 5.11. The molecule has 0 N–H and O–H groups in total. The van der Waals surface area contributed by atoms with E-state index in [2.05, 4.69) is 23.6 Å². The summed E-state index contributed by atoms with van der Waals surface area (Å²) < 4.78 is 2.34. The fraction of sp³-hybridized carbons (Fsp3) is 0.435. The summed E-state index contributed by atoms with van der Waals surface area (Å²) in [5.41, 5.74) is 2.28. The molecule has 1 aromatic heterocycles. The van der Waals surface area contributed by atoms with Gasteiger partial charge in [0, 0.05) is 17.3 Å². The summed E-state index contributed by atoms with van der Waals surface area (Å²) in [7, 11) is 0. The molecule has 0 aliphatic rings. The molecule has 0 saturated carbocycles. The van der Waals surface area contributed by atoms with Gasteiger partial charge in [-0.05, 0) is 30.7 Å². The Morgan fingerprint density at radius 1 is 0.680 bits per heavy atom. The molecule has 0 atom stereocenters. The van der Waals surface area contributed by atoms with E-state index in [0.29, 0.717) is 0 Å². The van der Waals surface area contributed by atoms with E-state index in [-0.39, 0.29) is 5.43 Å². The van der Waals surface area contributed by atoms with E-state index in [1.54, 1.807) is 0 Å². The molecule has 0 saturated heterocycles. The second kappa shape index (κ2) is 8.84. The average Bonchev–Trinajstić information content (AvgIpc) is 2.66. The van der Waals surface area contributed by atoms with Crippen molar-refractivity contribution in [1.29, 1.82) is 0 Å². The first-order chi connectivity index (χ1) is 12.3. The van der Waals surface area contributed by atoms with E-state index < -0.39 is 0 Å². The molecule has 3 aromatic rings. The Kier molecular flexibility index (Phi) is 6.27. The number of hydrogen-bond acceptors (Lipinski definition) is 1. The third-order valence-electron chi connectivity index (χ3n) is 5.11. The van der Waals surface area contributed by atoms with E-state index in [1.165, 1.54) is 51.4 Å². The van der Waals surface area contributed by atoms with Gasteiger partial charge < -0.3 is 4.57 Å². The lowest BCUT2D eigenvalue weighted by molar-refractivity contribution is 0.552. The number of hydrogen-bond donors (Lipinski definition) is 0. The highest BCUT2D eigenvalue weighted by Gasteiger charge is 2.09. The highest BCUT2D eigenvalue weighted by atomic mass is 16.1. The van der Waals surface area contributed by atoms with Crippen LogP contribution in [0.25, 0.3) is 21.8 Å². The van der Waals surface area contributed by atoms with E-state index >= 15 is 0 Å². The summed E-state index contributed by atoms with van der Waals surface area (Å²) in [5, 5.41) is 1.67. The number of unbranched alkanes of at least 4 members (excludes halogenated alkanes) is 7. The Hall–Kier alpha value is -2.09. The molecule has 2 heteroatoms. The smallest absolute Gasteiger partial charge is 0.197 e. The number of benzene rings is 2. The van der Waals surface area contributed by atoms with Crippen molar-refractivity contribution >= 4 is 21.8 Å². The van der Waals surface area contributed by atoms with Crippen molar-refractivity contribution in [3.05, 3.63) is 58.8 Å². The number of aryl methyl sites for hydroxylation is 1. The van der Waals surface area contributed by atoms with Gasteiger partial charge in [0.2, 0.25) is 0 Å². The Bertz CT molecular complexity index is 818. The van der Waals surface area contributed by atoms with Crippen molar-refractivity contribution in [3.63, 3.8) is 0 Å². The molecule has 2 aromatic carbocycles. The Labute approximate surface area is 150 Å². The molecule has 0 aliphatic heterocycles. The van der Waals surface area contributed by atoms with Crippen LogP contribution in [0.1, 0.15) is 58.3 Å². The summed E-state index contributed by atoms with van der Waals surface area (Å²) in [6, 6.07) is 16.0. The van der Waals surface area contributed by atoms with E-state index in [0.717, 1.165) is 28.4 Å². The van der Waals surface area contributed by atoms with Gasteiger partial charge in [-0.25, -0.2) is 0 Å². The first kappa shape index (κ1) is 17.7. The fourth-order valence-corrected chi connectivity index (χ4v) is 3.72. The number of para-hydroxylation sites is 2. The minimum Gasteiger partial charge on any atom is -0.340 e. The van der Waals surface area contributed by atoms with Gasteiger partial charge in [0.25, 0.3) is 0 Å².